The molecule has 0 fully saturated rings. The molecule has 1 aromatic carbocycles. The SMILES string of the molecule is O=S(=O)(c1cccc(Cl)c1)N1Cc2cncnc2C1. The minimum Gasteiger partial charge on any atom is -0.244 e. The Morgan fingerprint density at radius 2 is 2.11 bits per heavy atom. The van der Waals surface area contributed by atoms with E-state index in [1.165, 1.54) is 22.8 Å². The molecule has 2 heterocycles. The third-order valence-electron chi connectivity index (χ3n) is 2.99. The number of sulfonamides is 1. The fourth-order valence-corrected chi connectivity index (χ4v) is 3.70. The maximum absolute atomic E-state index is 12.5. The molecule has 0 atom stereocenters. The molecule has 0 bridgehead atoms. The predicted octanol–water partition coefficient (Wildman–Crippen LogP) is 1.83. The summed E-state index contributed by atoms with van der Waals surface area (Å²) in [5, 5.41) is 0.401. The van der Waals surface area contributed by atoms with Gasteiger partial charge in [-0.05, 0) is 18.2 Å². The van der Waals surface area contributed by atoms with Gasteiger partial charge in [0.05, 0.1) is 17.1 Å². The van der Waals surface area contributed by atoms with Crippen LogP contribution in [0.4, 0.5) is 0 Å². The number of benzene rings is 1. The third-order valence-corrected chi connectivity index (χ3v) is 5.01. The average molecular weight is 296 g/mol. The van der Waals surface area contributed by atoms with E-state index in [4.69, 9.17) is 11.6 Å². The van der Waals surface area contributed by atoms with Crippen LogP contribution in [0.5, 0.6) is 0 Å². The molecule has 5 nitrogen and oxygen atoms in total. The monoisotopic (exact) mass is 295 g/mol. The highest BCUT2D eigenvalue weighted by atomic mass is 35.5. The van der Waals surface area contributed by atoms with Gasteiger partial charge in [-0.2, -0.15) is 4.31 Å². The fourth-order valence-electron chi connectivity index (χ4n) is 2.02. The molecule has 0 N–H and O–H groups in total. The van der Waals surface area contributed by atoms with Crippen molar-refractivity contribution in [2.75, 3.05) is 0 Å². The van der Waals surface area contributed by atoms with Gasteiger partial charge in [0, 0.05) is 23.3 Å². The van der Waals surface area contributed by atoms with Crippen LogP contribution in [0.2, 0.25) is 5.02 Å². The zero-order valence-electron chi connectivity index (χ0n) is 9.82. The average Bonchev–Trinajstić information content (AvgIpc) is 2.83. The summed E-state index contributed by atoms with van der Waals surface area (Å²) < 4.78 is 26.3. The molecule has 0 unspecified atom stereocenters. The summed E-state index contributed by atoms with van der Waals surface area (Å²) in [4.78, 5) is 8.19. The molecule has 1 aromatic heterocycles. The summed E-state index contributed by atoms with van der Waals surface area (Å²) in [6, 6.07) is 6.25. The molecule has 1 aliphatic rings. The van der Waals surface area contributed by atoms with Gasteiger partial charge in [0.1, 0.15) is 6.33 Å². The van der Waals surface area contributed by atoms with Crippen molar-refractivity contribution in [3.8, 4) is 0 Å². The molecule has 0 spiro atoms. The standard InChI is InChI=1S/C12H10ClN3O2S/c13-10-2-1-3-11(4-10)19(17,18)16-6-9-5-14-8-15-12(9)7-16/h1-5,8H,6-7H2. The molecule has 0 amide bonds. The van der Waals surface area contributed by atoms with Crippen LogP contribution in [0.1, 0.15) is 11.3 Å². The van der Waals surface area contributed by atoms with Crippen molar-refractivity contribution in [1.29, 1.82) is 0 Å². The maximum Gasteiger partial charge on any atom is 0.243 e. The smallest absolute Gasteiger partial charge is 0.243 e. The Kier molecular flexibility index (Phi) is 3.00. The lowest BCUT2D eigenvalue weighted by molar-refractivity contribution is 0.429. The lowest BCUT2D eigenvalue weighted by Gasteiger charge is -2.15. The first-order chi connectivity index (χ1) is 9.07. The van der Waals surface area contributed by atoms with E-state index in [2.05, 4.69) is 9.97 Å². The van der Waals surface area contributed by atoms with Crippen LogP contribution >= 0.6 is 11.6 Å². The second kappa shape index (κ2) is 4.56. The van der Waals surface area contributed by atoms with E-state index < -0.39 is 10.0 Å². The minimum absolute atomic E-state index is 0.195. The summed E-state index contributed by atoms with van der Waals surface area (Å²) in [5.41, 5.74) is 1.59. The number of rotatable bonds is 2. The van der Waals surface area contributed by atoms with Crippen molar-refractivity contribution in [3.63, 3.8) is 0 Å². The molecular formula is C12H10ClN3O2S. The summed E-state index contributed by atoms with van der Waals surface area (Å²) in [6.45, 7) is 0.567. The second-order valence-electron chi connectivity index (χ2n) is 4.23. The first kappa shape index (κ1) is 12.5. The van der Waals surface area contributed by atoms with Gasteiger partial charge in [0.15, 0.2) is 0 Å². The number of halogens is 1. The second-order valence-corrected chi connectivity index (χ2v) is 6.60. The molecule has 0 saturated heterocycles. The molecule has 98 valence electrons. The Bertz CT molecular complexity index is 708. The summed E-state index contributed by atoms with van der Waals surface area (Å²) in [7, 11) is -3.55. The van der Waals surface area contributed by atoms with E-state index in [0.29, 0.717) is 11.6 Å². The van der Waals surface area contributed by atoms with E-state index in [-0.39, 0.29) is 11.4 Å². The number of fused-ring (bicyclic) bond motifs is 1. The molecule has 1 aliphatic heterocycles. The number of hydrogen-bond donors (Lipinski definition) is 0. The van der Waals surface area contributed by atoms with Gasteiger partial charge in [-0.15, -0.1) is 0 Å². The Hall–Kier alpha value is -1.50. The first-order valence-electron chi connectivity index (χ1n) is 5.61. The lowest BCUT2D eigenvalue weighted by atomic mass is 10.3. The molecule has 0 aliphatic carbocycles. The largest absolute Gasteiger partial charge is 0.244 e. The lowest BCUT2D eigenvalue weighted by Crippen LogP contribution is -2.25. The van der Waals surface area contributed by atoms with Crippen molar-refractivity contribution >= 4 is 21.6 Å². The fraction of sp³-hybridized carbons (Fsp3) is 0.167. The van der Waals surface area contributed by atoms with Crippen molar-refractivity contribution in [1.82, 2.24) is 14.3 Å². The summed E-state index contributed by atoms with van der Waals surface area (Å²) in [5.74, 6) is 0. The highest BCUT2D eigenvalue weighted by Gasteiger charge is 2.31. The van der Waals surface area contributed by atoms with Gasteiger partial charge in [-0.25, -0.2) is 18.4 Å². The zero-order chi connectivity index (χ0) is 13.5. The Morgan fingerprint density at radius 3 is 2.84 bits per heavy atom. The van der Waals surface area contributed by atoms with E-state index in [9.17, 15) is 8.42 Å². The van der Waals surface area contributed by atoms with Crippen LogP contribution in [0.25, 0.3) is 0 Å². The van der Waals surface area contributed by atoms with Crippen molar-refractivity contribution in [2.24, 2.45) is 0 Å². The Balaban J connectivity index is 1.96. The highest BCUT2D eigenvalue weighted by molar-refractivity contribution is 7.89. The van der Waals surface area contributed by atoms with Crippen LogP contribution in [-0.2, 0) is 23.1 Å². The van der Waals surface area contributed by atoms with E-state index in [0.717, 1.165) is 11.3 Å². The van der Waals surface area contributed by atoms with Crippen LogP contribution in [0.3, 0.4) is 0 Å². The topological polar surface area (TPSA) is 63.2 Å². The predicted molar refractivity (Wildman–Crippen MR) is 69.9 cm³/mol. The number of nitrogens with zero attached hydrogens (tertiary/aromatic N) is 3. The van der Waals surface area contributed by atoms with Crippen molar-refractivity contribution in [3.05, 3.63) is 53.1 Å². The van der Waals surface area contributed by atoms with Crippen LogP contribution < -0.4 is 0 Å². The minimum atomic E-state index is -3.55. The molecule has 19 heavy (non-hydrogen) atoms. The molecular weight excluding hydrogens is 286 g/mol. The van der Waals surface area contributed by atoms with Gasteiger partial charge in [0.2, 0.25) is 10.0 Å². The van der Waals surface area contributed by atoms with E-state index >= 15 is 0 Å². The highest BCUT2D eigenvalue weighted by Crippen LogP contribution is 2.27. The molecule has 2 aromatic rings. The zero-order valence-corrected chi connectivity index (χ0v) is 11.4. The number of aromatic nitrogens is 2. The first-order valence-corrected chi connectivity index (χ1v) is 7.42. The van der Waals surface area contributed by atoms with Gasteiger partial charge < -0.3 is 0 Å². The molecule has 7 heteroatoms. The van der Waals surface area contributed by atoms with E-state index in [1.807, 2.05) is 0 Å². The Morgan fingerprint density at radius 1 is 1.26 bits per heavy atom. The quantitative estimate of drug-likeness (QED) is 0.848. The van der Waals surface area contributed by atoms with Gasteiger partial charge in [-0.3, -0.25) is 0 Å². The van der Waals surface area contributed by atoms with E-state index in [1.54, 1.807) is 18.3 Å². The van der Waals surface area contributed by atoms with Crippen LogP contribution in [0.15, 0.2) is 41.7 Å². The van der Waals surface area contributed by atoms with Crippen LogP contribution in [-0.4, -0.2) is 22.7 Å². The molecule has 0 saturated carbocycles. The molecule has 3 rings (SSSR count). The molecule has 0 radical (unpaired) electrons. The Labute approximate surface area is 115 Å². The maximum atomic E-state index is 12.5. The van der Waals surface area contributed by atoms with Gasteiger partial charge in [-0.1, -0.05) is 17.7 Å². The van der Waals surface area contributed by atoms with Crippen molar-refractivity contribution < 1.29 is 8.42 Å². The summed E-state index contributed by atoms with van der Waals surface area (Å²) >= 11 is 5.84. The third kappa shape index (κ3) is 2.22. The van der Waals surface area contributed by atoms with Crippen LogP contribution in [0, 0.1) is 0 Å². The van der Waals surface area contributed by atoms with Gasteiger partial charge >= 0.3 is 0 Å². The van der Waals surface area contributed by atoms with Gasteiger partial charge in [0.25, 0.3) is 0 Å². The summed E-state index contributed by atoms with van der Waals surface area (Å²) in [6.07, 6.45) is 3.07. The normalized spacial score (nSPS) is 15.4. The van der Waals surface area contributed by atoms with Crippen molar-refractivity contribution in [2.45, 2.75) is 18.0 Å². The number of hydrogen-bond acceptors (Lipinski definition) is 4.